The first-order valence-corrected chi connectivity index (χ1v) is 5.57. The summed E-state index contributed by atoms with van der Waals surface area (Å²) in [7, 11) is 0. The van der Waals surface area contributed by atoms with Crippen LogP contribution < -0.4 is 11.1 Å². The predicted octanol–water partition coefficient (Wildman–Crippen LogP) is 1.75. The van der Waals surface area contributed by atoms with Crippen molar-refractivity contribution in [1.29, 1.82) is 0 Å². The topological polar surface area (TPSA) is 55.1 Å². The SMILES string of the molecule is CC/C=C\C=C\CNC(=O)[C@@H](N)CCC. The van der Waals surface area contributed by atoms with Crippen molar-refractivity contribution in [3.05, 3.63) is 24.3 Å². The highest BCUT2D eigenvalue weighted by molar-refractivity contribution is 5.81. The number of rotatable bonds is 7. The van der Waals surface area contributed by atoms with Crippen molar-refractivity contribution in [3.63, 3.8) is 0 Å². The maximum atomic E-state index is 11.3. The third-order valence-corrected chi connectivity index (χ3v) is 1.95. The van der Waals surface area contributed by atoms with Crippen molar-refractivity contribution in [1.82, 2.24) is 5.32 Å². The van der Waals surface area contributed by atoms with Crippen LogP contribution in [0.25, 0.3) is 0 Å². The van der Waals surface area contributed by atoms with Gasteiger partial charge in [-0.2, -0.15) is 0 Å². The molecule has 0 rings (SSSR count). The van der Waals surface area contributed by atoms with Crippen LogP contribution in [0.4, 0.5) is 0 Å². The molecule has 3 heteroatoms. The van der Waals surface area contributed by atoms with E-state index in [9.17, 15) is 4.79 Å². The number of hydrogen-bond donors (Lipinski definition) is 2. The molecule has 0 aromatic rings. The standard InChI is InChI=1S/C12H22N2O/c1-3-5-6-7-8-10-14-12(15)11(13)9-4-2/h5-8,11H,3-4,9-10,13H2,1-2H3,(H,14,15)/b6-5-,8-7+/t11-/m0/s1. The monoisotopic (exact) mass is 210 g/mol. The Morgan fingerprint density at radius 1 is 1.33 bits per heavy atom. The lowest BCUT2D eigenvalue weighted by Crippen LogP contribution is -2.40. The first kappa shape index (κ1) is 13.9. The molecule has 0 saturated carbocycles. The molecule has 0 aliphatic carbocycles. The van der Waals surface area contributed by atoms with Crippen molar-refractivity contribution in [2.24, 2.45) is 5.73 Å². The van der Waals surface area contributed by atoms with E-state index in [0.29, 0.717) is 6.54 Å². The molecule has 0 aromatic carbocycles. The Labute approximate surface area is 92.4 Å². The Morgan fingerprint density at radius 2 is 2.00 bits per heavy atom. The molecule has 0 saturated heterocycles. The Kier molecular flexibility index (Phi) is 8.78. The summed E-state index contributed by atoms with van der Waals surface area (Å²) in [6, 6.07) is -0.366. The highest BCUT2D eigenvalue weighted by Gasteiger charge is 2.09. The summed E-state index contributed by atoms with van der Waals surface area (Å²) in [4.78, 5) is 11.3. The first-order chi connectivity index (χ1) is 7.22. The molecule has 0 unspecified atom stereocenters. The molecule has 0 fully saturated rings. The van der Waals surface area contributed by atoms with E-state index in [2.05, 4.69) is 18.3 Å². The van der Waals surface area contributed by atoms with Crippen LogP contribution in [-0.2, 0) is 4.79 Å². The molecule has 0 heterocycles. The third kappa shape index (κ3) is 7.94. The normalized spacial score (nSPS) is 13.5. The van der Waals surface area contributed by atoms with Crippen LogP contribution >= 0.6 is 0 Å². The van der Waals surface area contributed by atoms with Crippen LogP contribution in [-0.4, -0.2) is 18.5 Å². The Hall–Kier alpha value is -1.09. The second-order valence-electron chi connectivity index (χ2n) is 3.40. The van der Waals surface area contributed by atoms with Gasteiger partial charge in [-0.25, -0.2) is 0 Å². The van der Waals surface area contributed by atoms with Crippen LogP contribution in [0.2, 0.25) is 0 Å². The van der Waals surface area contributed by atoms with Gasteiger partial charge >= 0.3 is 0 Å². The van der Waals surface area contributed by atoms with Gasteiger partial charge in [0.25, 0.3) is 0 Å². The molecule has 15 heavy (non-hydrogen) atoms. The molecule has 86 valence electrons. The van der Waals surface area contributed by atoms with Crippen LogP contribution in [0.15, 0.2) is 24.3 Å². The number of amides is 1. The van der Waals surface area contributed by atoms with E-state index in [1.54, 1.807) is 0 Å². The largest absolute Gasteiger partial charge is 0.351 e. The molecular weight excluding hydrogens is 188 g/mol. The molecule has 3 nitrogen and oxygen atoms in total. The van der Waals surface area contributed by atoms with Gasteiger partial charge in [0.15, 0.2) is 0 Å². The zero-order valence-electron chi connectivity index (χ0n) is 9.70. The van der Waals surface area contributed by atoms with Crippen LogP contribution in [0, 0.1) is 0 Å². The average Bonchev–Trinajstić information content (AvgIpc) is 2.23. The van der Waals surface area contributed by atoms with Gasteiger partial charge in [0.1, 0.15) is 0 Å². The van der Waals surface area contributed by atoms with Gasteiger partial charge in [0.05, 0.1) is 6.04 Å². The van der Waals surface area contributed by atoms with Crippen LogP contribution in [0.3, 0.4) is 0 Å². The van der Waals surface area contributed by atoms with E-state index in [4.69, 9.17) is 5.73 Å². The minimum absolute atomic E-state index is 0.0685. The Morgan fingerprint density at radius 3 is 2.60 bits per heavy atom. The lowest BCUT2D eigenvalue weighted by atomic mass is 10.2. The lowest BCUT2D eigenvalue weighted by molar-refractivity contribution is -0.122. The van der Waals surface area contributed by atoms with Crippen LogP contribution in [0.5, 0.6) is 0 Å². The molecule has 1 amide bonds. The molecule has 0 aromatic heterocycles. The fourth-order valence-electron chi connectivity index (χ4n) is 1.09. The van der Waals surface area contributed by atoms with E-state index in [0.717, 1.165) is 19.3 Å². The number of carbonyl (C=O) groups is 1. The van der Waals surface area contributed by atoms with Crippen molar-refractivity contribution >= 4 is 5.91 Å². The van der Waals surface area contributed by atoms with Crippen molar-refractivity contribution in [2.75, 3.05) is 6.54 Å². The molecule has 3 N–H and O–H groups in total. The number of nitrogens with two attached hydrogens (primary N) is 1. The van der Waals surface area contributed by atoms with Crippen molar-refractivity contribution < 1.29 is 4.79 Å². The average molecular weight is 210 g/mol. The predicted molar refractivity (Wildman–Crippen MR) is 64.5 cm³/mol. The zero-order chi connectivity index (χ0) is 11.5. The number of nitrogens with one attached hydrogen (secondary N) is 1. The quantitative estimate of drug-likeness (QED) is 0.629. The van der Waals surface area contributed by atoms with Crippen molar-refractivity contribution in [2.45, 2.75) is 39.2 Å². The summed E-state index contributed by atoms with van der Waals surface area (Å²) >= 11 is 0. The summed E-state index contributed by atoms with van der Waals surface area (Å²) < 4.78 is 0. The molecular formula is C12H22N2O. The highest BCUT2D eigenvalue weighted by atomic mass is 16.2. The van der Waals surface area contributed by atoms with Crippen LogP contribution in [0.1, 0.15) is 33.1 Å². The molecule has 0 aliphatic heterocycles. The van der Waals surface area contributed by atoms with E-state index < -0.39 is 0 Å². The Balaban J connectivity index is 3.62. The summed E-state index contributed by atoms with van der Waals surface area (Å²) in [6.07, 6.45) is 10.6. The van der Waals surface area contributed by atoms with Gasteiger partial charge in [0, 0.05) is 6.54 Å². The molecule has 1 atom stereocenters. The first-order valence-electron chi connectivity index (χ1n) is 5.57. The summed E-state index contributed by atoms with van der Waals surface area (Å²) in [5.41, 5.74) is 5.64. The summed E-state index contributed by atoms with van der Waals surface area (Å²) in [5, 5.41) is 2.76. The van der Waals surface area contributed by atoms with E-state index in [1.165, 1.54) is 0 Å². The van der Waals surface area contributed by atoms with Gasteiger partial charge in [-0.3, -0.25) is 4.79 Å². The fraction of sp³-hybridized carbons (Fsp3) is 0.583. The van der Waals surface area contributed by atoms with Gasteiger partial charge in [0.2, 0.25) is 5.91 Å². The minimum atomic E-state index is -0.366. The third-order valence-electron chi connectivity index (χ3n) is 1.95. The molecule has 0 radical (unpaired) electrons. The number of allylic oxidation sites excluding steroid dienone is 3. The molecule has 0 aliphatic rings. The number of hydrogen-bond acceptors (Lipinski definition) is 2. The second kappa shape index (κ2) is 9.46. The highest BCUT2D eigenvalue weighted by Crippen LogP contribution is 1.92. The maximum absolute atomic E-state index is 11.3. The molecule has 0 bridgehead atoms. The zero-order valence-corrected chi connectivity index (χ0v) is 9.70. The maximum Gasteiger partial charge on any atom is 0.237 e. The minimum Gasteiger partial charge on any atom is -0.351 e. The molecule has 0 spiro atoms. The lowest BCUT2D eigenvalue weighted by Gasteiger charge is -2.09. The fourth-order valence-corrected chi connectivity index (χ4v) is 1.09. The second-order valence-corrected chi connectivity index (χ2v) is 3.40. The van der Waals surface area contributed by atoms with Gasteiger partial charge in [-0.1, -0.05) is 44.6 Å². The smallest absolute Gasteiger partial charge is 0.237 e. The Bertz CT molecular complexity index is 222. The summed E-state index contributed by atoms with van der Waals surface area (Å²) in [6.45, 7) is 4.64. The van der Waals surface area contributed by atoms with Gasteiger partial charge < -0.3 is 11.1 Å². The van der Waals surface area contributed by atoms with E-state index in [1.807, 2.05) is 25.2 Å². The number of carbonyl (C=O) groups excluding carboxylic acids is 1. The van der Waals surface area contributed by atoms with Gasteiger partial charge in [-0.05, 0) is 12.8 Å². The van der Waals surface area contributed by atoms with E-state index >= 15 is 0 Å². The van der Waals surface area contributed by atoms with Gasteiger partial charge in [-0.15, -0.1) is 0 Å². The van der Waals surface area contributed by atoms with Crippen molar-refractivity contribution in [3.8, 4) is 0 Å². The summed E-state index contributed by atoms with van der Waals surface area (Å²) in [5.74, 6) is -0.0685. The van der Waals surface area contributed by atoms with E-state index in [-0.39, 0.29) is 11.9 Å².